The number of hydrogen-bond acceptors (Lipinski definition) is 7. The number of carbonyl (C=O) groups is 1. The lowest BCUT2D eigenvalue weighted by Gasteiger charge is -2.09. The predicted molar refractivity (Wildman–Crippen MR) is 68.0 cm³/mol. The van der Waals surface area contributed by atoms with Gasteiger partial charge in [0.2, 0.25) is 15.4 Å². The van der Waals surface area contributed by atoms with Crippen molar-refractivity contribution in [3.63, 3.8) is 0 Å². The minimum absolute atomic E-state index is 0.0453. The van der Waals surface area contributed by atoms with Crippen LogP contribution in [0.2, 0.25) is 0 Å². The molecule has 1 N–H and O–H groups in total. The Kier molecular flexibility index (Phi) is 4.59. The fourth-order valence-electron chi connectivity index (χ4n) is 0.851. The molecule has 18 heavy (non-hydrogen) atoms. The Labute approximate surface area is 110 Å². The summed E-state index contributed by atoms with van der Waals surface area (Å²) in [6.07, 6.45) is 0. The Bertz CT molecular complexity index is 523. The summed E-state index contributed by atoms with van der Waals surface area (Å²) >= 11 is 0.888. The molecule has 0 aromatic carbocycles. The van der Waals surface area contributed by atoms with Gasteiger partial charge in [0.15, 0.2) is 0 Å². The molecule has 0 aliphatic heterocycles. The zero-order valence-corrected chi connectivity index (χ0v) is 12.2. The molecule has 0 bridgehead atoms. The van der Waals surface area contributed by atoms with E-state index in [0.29, 0.717) is 5.13 Å². The smallest absolute Gasteiger partial charge is 0.271 e. The lowest BCUT2D eigenvalue weighted by Crippen LogP contribution is -2.28. The molecule has 1 heterocycles. The molecule has 1 aromatic heterocycles. The summed E-state index contributed by atoms with van der Waals surface area (Å²) < 4.78 is 24.4. The fourth-order valence-corrected chi connectivity index (χ4v) is 2.89. The lowest BCUT2D eigenvalue weighted by molar-refractivity contribution is -0.126. The van der Waals surface area contributed by atoms with E-state index in [2.05, 4.69) is 15.5 Å². The number of amides is 1. The minimum Gasteiger partial charge on any atom is -0.351 e. The van der Waals surface area contributed by atoms with Gasteiger partial charge in [0, 0.05) is 28.2 Å². The summed E-state index contributed by atoms with van der Waals surface area (Å²) in [4.78, 5) is 12.7. The molecule has 0 aliphatic rings. The highest BCUT2D eigenvalue weighted by Gasteiger charge is 2.22. The predicted octanol–water partition coefficient (Wildman–Crippen LogP) is -0.711. The van der Waals surface area contributed by atoms with E-state index in [4.69, 9.17) is 0 Å². The highest BCUT2D eigenvalue weighted by molar-refractivity contribution is 7.91. The van der Waals surface area contributed by atoms with Crippen LogP contribution in [0, 0.1) is 0 Å². The largest absolute Gasteiger partial charge is 0.351 e. The summed E-state index contributed by atoms with van der Waals surface area (Å²) in [6, 6.07) is 0. The molecule has 0 aliphatic carbocycles. The topological polar surface area (TPSA) is 95.5 Å². The molecule has 0 saturated heterocycles. The van der Waals surface area contributed by atoms with Crippen molar-refractivity contribution in [1.82, 2.24) is 19.4 Å². The van der Waals surface area contributed by atoms with Gasteiger partial charge in [0.05, 0.1) is 6.54 Å². The molecule has 0 unspecified atom stereocenters. The third-order valence-corrected chi connectivity index (χ3v) is 5.04. The zero-order chi connectivity index (χ0) is 13.9. The third-order valence-electron chi connectivity index (χ3n) is 2.00. The standard InChI is InChI=1S/C8H15N5O3S2/c1-12(2)6(14)5-9-7-10-11-8(17-7)18(15,16)13(3)4/h5H2,1-4H3,(H,9,10). The van der Waals surface area contributed by atoms with Crippen molar-refractivity contribution in [2.75, 3.05) is 40.1 Å². The summed E-state index contributed by atoms with van der Waals surface area (Å²) in [5, 5.41) is 10.3. The number of nitrogens with one attached hydrogen (secondary N) is 1. The number of nitrogens with zero attached hydrogens (tertiary/aromatic N) is 4. The number of likely N-dealkylation sites (N-methyl/N-ethyl adjacent to an activating group) is 1. The van der Waals surface area contributed by atoms with Crippen LogP contribution in [0.15, 0.2) is 4.34 Å². The van der Waals surface area contributed by atoms with Crippen molar-refractivity contribution >= 4 is 32.4 Å². The molecule has 0 atom stereocenters. The van der Waals surface area contributed by atoms with E-state index in [1.54, 1.807) is 14.1 Å². The lowest BCUT2D eigenvalue weighted by atomic mass is 10.5. The second kappa shape index (κ2) is 5.59. The minimum atomic E-state index is -3.57. The maximum Gasteiger partial charge on any atom is 0.271 e. The van der Waals surface area contributed by atoms with Gasteiger partial charge in [-0.1, -0.05) is 11.3 Å². The van der Waals surface area contributed by atoms with Gasteiger partial charge < -0.3 is 10.2 Å². The Morgan fingerprint density at radius 1 is 1.28 bits per heavy atom. The van der Waals surface area contributed by atoms with Gasteiger partial charge >= 0.3 is 0 Å². The number of carbonyl (C=O) groups excluding carboxylic acids is 1. The second-order valence-electron chi connectivity index (χ2n) is 3.80. The van der Waals surface area contributed by atoms with Crippen molar-refractivity contribution in [3.05, 3.63) is 0 Å². The molecular weight excluding hydrogens is 278 g/mol. The molecular formula is C8H15N5O3S2. The van der Waals surface area contributed by atoms with Gasteiger partial charge in [-0.05, 0) is 0 Å². The van der Waals surface area contributed by atoms with Crippen LogP contribution in [0.4, 0.5) is 5.13 Å². The first kappa shape index (κ1) is 14.8. The van der Waals surface area contributed by atoms with Crippen molar-refractivity contribution < 1.29 is 13.2 Å². The summed E-state index contributed by atoms with van der Waals surface area (Å²) in [7, 11) is 2.53. The number of sulfonamides is 1. The molecule has 102 valence electrons. The molecule has 0 fully saturated rings. The first-order chi connectivity index (χ1) is 8.25. The summed E-state index contributed by atoms with van der Waals surface area (Å²) in [5.41, 5.74) is 0. The Hall–Kier alpha value is -1.26. The Morgan fingerprint density at radius 2 is 1.89 bits per heavy atom. The highest BCUT2D eigenvalue weighted by atomic mass is 32.2. The second-order valence-corrected chi connectivity index (χ2v) is 7.11. The van der Waals surface area contributed by atoms with Crippen molar-refractivity contribution in [2.45, 2.75) is 4.34 Å². The van der Waals surface area contributed by atoms with Crippen LogP contribution in [0.3, 0.4) is 0 Å². The monoisotopic (exact) mass is 293 g/mol. The normalized spacial score (nSPS) is 11.6. The summed E-state index contributed by atoms with van der Waals surface area (Å²) in [5.74, 6) is -0.137. The van der Waals surface area contributed by atoms with Gasteiger partial charge in [-0.25, -0.2) is 12.7 Å². The number of hydrogen-bond donors (Lipinski definition) is 1. The molecule has 0 spiro atoms. The maximum atomic E-state index is 11.7. The van der Waals surface area contributed by atoms with Crippen molar-refractivity contribution in [2.24, 2.45) is 0 Å². The first-order valence-corrected chi connectivity index (χ1v) is 7.21. The molecule has 10 heteroatoms. The van der Waals surface area contributed by atoms with E-state index >= 15 is 0 Å². The zero-order valence-electron chi connectivity index (χ0n) is 10.5. The molecule has 8 nitrogen and oxygen atoms in total. The quantitative estimate of drug-likeness (QED) is 0.770. The average Bonchev–Trinajstić information content (AvgIpc) is 2.74. The van der Waals surface area contributed by atoms with Crippen molar-refractivity contribution in [1.29, 1.82) is 0 Å². The van der Waals surface area contributed by atoms with E-state index in [-0.39, 0.29) is 16.8 Å². The van der Waals surface area contributed by atoms with Gasteiger partial charge in [-0.2, -0.15) is 0 Å². The van der Waals surface area contributed by atoms with Crippen LogP contribution in [-0.4, -0.2) is 68.5 Å². The van der Waals surface area contributed by atoms with Crippen LogP contribution in [-0.2, 0) is 14.8 Å². The van der Waals surface area contributed by atoms with Crippen LogP contribution in [0.25, 0.3) is 0 Å². The SMILES string of the molecule is CN(C)C(=O)CNc1nnc(S(=O)(=O)N(C)C)s1. The number of aromatic nitrogens is 2. The molecule has 0 radical (unpaired) electrons. The van der Waals surface area contributed by atoms with Gasteiger partial charge in [-0.3, -0.25) is 4.79 Å². The van der Waals surface area contributed by atoms with E-state index in [1.807, 2.05) is 0 Å². The van der Waals surface area contributed by atoms with Crippen molar-refractivity contribution in [3.8, 4) is 0 Å². The van der Waals surface area contributed by atoms with Crippen LogP contribution < -0.4 is 5.32 Å². The van der Waals surface area contributed by atoms with E-state index in [9.17, 15) is 13.2 Å². The van der Waals surface area contributed by atoms with Gasteiger partial charge in [-0.15, -0.1) is 10.2 Å². The van der Waals surface area contributed by atoms with E-state index < -0.39 is 10.0 Å². The van der Waals surface area contributed by atoms with E-state index in [1.165, 1.54) is 19.0 Å². The summed E-state index contributed by atoms with van der Waals surface area (Å²) in [6.45, 7) is 0.0453. The van der Waals surface area contributed by atoms with Gasteiger partial charge in [0.1, 0.15) is 0 Å². The highest BCUT2D eigenvalue weighted by Crippen LogP contribution is 2.21. The fraction of sp³-hybridized carbons (Fsp3) is 0.625. The average molecular weight is 293 g/mol. The van der Waals surface area contributed by atoms with Crippen LogP contribution in [0.5, 0.6) is 0 Å². The molecule has 1 aromatic rings. The van der Waals surface area contributed by atoms with Crippen LogP contribution >= 0.6 is 11.3 Å². The first-order valence-electron chi connectivity index (χ1n) is 4.95. The van der Waals surface area contributed by atoms with Gasteiger partial charge in [0.25, 0.3) is 10.0 Å². The molecule has 1 rings (SSSR count). The Balaban J connectivity index is 2.74. The molecule has 1 amide bonds. The molecule has 0 saturated carbocycles. The maximum absolute atomic E-state index is 11.7. The number of anilines is 1. The third kappa shape index (κ3) is 3.37. The van der Waals surface area contributed by atoms with E-state index in [0.717, 1.165) is 15.6 Å². The Morgan fingerprint density at radius 3 is 2.39 bits per heavy atom. The van der Waals surface area contributed by atoms with Crippen LogP contribution in [0.1, 0.15) is 0 Å². The number of rotatable bonds is 5.